The number of aliphatic hydroxyl groups is 1. The van der Waals surface area contributed by atoms with E-state index in [-0.39, 0.29) is 17.4 Å². The molecule has 1 saturated carbocycles. The van der Waals surface area contributed by atoms with Crippen LogP contribution in [0.15, 0.2) is 18.3 Å². The van der Waals surface area contributed by atoms with E-state index < -0.39 is 6.10 Å². The van der Waals surface area contributed by atoms with Gasteiger partial charge in [0.25, 0.3) is 5.91 Å². The minimum absolute atomic E-state index is 0.138. The van der Waals surface area contributed by atoms with Crippen LogP contribution in [0.4, 0.5) is 0 Å². The van der Waals surface area contributed by atoms with Gasteiger partial charge in [0.05, 0.1) is 12.1 Å². The second-order valence-corrected chi connectivity index (χ2v) is 7.69. The van der Waals surface area contributed by atoms with Crippen molar-refractivity contribution in [3.8, 4) is 0 Å². The number of carbonyl (C=O) groups excluding carboxylic acids is 1. The summed E-state index contributed by atoms with van der Waals surface area (Å²) in [5.74, 6) is 0.367. The highest BCUT2D eigenvalue weighted by atomic mass is 16.3. The predicted octanol–water partition coefficient (Wildman–Crippen LogP) is 1.60. The number of hydrogen-bond acceptors (Lipinski definition) is 4. The molecule has 1 saturated heterocycles. The fraction of sp³-hybridized carbons (Fsp3) is 0.667. The van der Waals surface area contributed by atoms with Crippen molar-refractivity contribution in [2.24, 2.45) is 11.3 Å². The summed E-state index contributed by atoms with van der Waals surface area (Å²) in [6, 6.07) is 4.00. The Balaban J connectivity index is 1.71. The van der Waals surface area contributed by atoms with Gasteiger partial charge in [0.2, 0.25) is 0 Å². The Labute approximate surface area is 138 Å². The zero-order valence-corrected chi connectivity index (χ0v) is 14.4. The van der Waals surface area contributed by atoms with E-state index in [1.54, 1.807) is 6.20 Å². The number of pyridine rings is 1. The molecule has 5 nitrogen and oxygen atoms in total. The van der Waals surface area contributed by atoms with Crippen LogP contribution in [0.5, 0.6) is 0 Å². The zero-order chi connectivity index (χ0) is 16.8. The lowest BCUT2D eigenvalue weighted by molar-refractivity contribution is -0.0827. The largest absolute Gasteiger partial charge is 0.391 e. The Morgan fingerprint density at radius 1 is 1.48 bits per heavy atom. The molecular formula is C18H27N3O2. The molecule has 1 aliphatic heterocycles. The highest BCUT2D eigenvalue weighted by molar-refractivity contribution is 5.93. The van der Waals surface area contributed by atoms with Crippen molar-refractivity contribution < 1.29 is 9.90 Å². The molecule has 2 heterocycles. The van der Waals surface area contributed by atoms with Crippen LogP contribution in [0.3, 0.4) is 0 Å². The molecule has 1 aromatic rings. The van der Waals surface area contributed by atoms with Gasteiger partial charge < -0.3 is 15.3 Å². The second kappa shape index (κ2) is 5.87. The number of aliphatic hydroxyl groups excluding tert-OH is 1. The molecule has 1 spiro atoms. The quantitative estimate of drug-likeness (QED) is 0.889. The Morgan fingerprint density at radius 2 is 2.22 bits per heavy atom. The first kappa shape index (κ1) is 16.4. The fourth-order valence-corrected chi connectivity index (χ4v) is 4.95. The van der Waals surface area contributed by atoms with Gasteiger partial charge in [-0.2, -0.15) is 0 Å². The summed E-state index contributed by atoms with van der Waals surface area (Å²) in [4.78, 5) is 19.0. The Bertz CT molecular complexity index is 599. The molecule has 5 heteroatoms. The van der Waals surface area contributed by atoms with Crippen LogP contribution in [-0.2, 0) is 0 Å². The van der Waals surface area contributed by atoms with Crippen LogP contribution in [0.2, 0.25) is 0 Å². The molecule has 2 fully saturated rings. The molecule has 126 valence electrons. The molecule has 0 aromatic carbocycles. The van der Waals surface area contributed by atoms with Crippen molar-refractivity contribution >= 4 is 5.91 Å². The average Bonchev–Trinajstić information content (AvgIpc) is 2.76. The van der Waals surface area contributed by atoms with Crippen LogP contribution >= 0.6 is 0 Å². The highest BCUT2D eigenvalue weighted by Gasteiger charge is 2.58. The molecule has 2 unspecified atom stereocenters. The third kappa shape index (κ3) is 2.76. The molecule has 0 radical (unpaired) electrons. The van der Waals surface area contributed by atoms with Crippen molar-refractivity contribution in [1.29, 1.82) is 0 Å². The summed E-state index contributed by atoms with van der Waals surface area (Å²) >= 11 is 0. The maximum Gasteiger partial charge on any atom is 0.270 e. The van der Waals surface area contributed by atoms with Crippen molar-refractivity contribution in [2.45, 2.75) is 51.8 Å². The van der Waals surface area contributed by atoms with Gasteiger partial charge in [0.15, 0.2) is 0 Å². The number of amides is 1. The standard InChI is InChI=1S/C18H27N3O2/c1-11(2)16-18(10-21(16)4)8-13(14(22)9-18)20-17(23)15-12(3)6-5-7-19-15/h5-7,11,13-14,16,22H,8-10H2,1-4H3,(H,20,23)/t13-,14-,16?,18?/m1/s1. The minimum atomic E-state index is -0.474. The van der Waals surface area contributed by atoms with E-state index >= 15 is 0 Å². The third-order valence-corrected chi connectivity index (χ3v) is 5.55. The Morgan fingerprint density at radius 3 is 2.83 bits per heavy atom. The summed E-state index contributed by atoms with van der Waals surface area (Å²) < 4.78 is 0. The monoisotopic (exact) mass is 317 g/mol. The first-order chi connectivity index (χ1) is 10.8. The SMILES string of the molecule is Cc1cccnc1C(=O)N[C@@H]1CC2(C[C@H]1O)CN(C)C2C(C)C. The highest BCUT2D eigenvalue weighted by Crippen LogP contribution is 2.52. The van der Waals surface area contributed by atoms with Gasteiger partial charge in [-0.25, -0.2) is 0 Å². The lowest BCUT2D eigenvalue weighted by Gasteiger charge is -2.57. The zero-order valence-electron chi connectivity index (χ0n) is 14.4. The first-order valence-electron chi connectivity index (χ1n) is 8.45. The van der Waals surface area contributed by atoms with Crippen LogP contribution in [0, 0.1) is 18.3 Å². The normalized spacial score (nSPS) is 33.9. The minimum Gasteiger partial charge on any atom is -0.391 e. The maximum atomic E-state index is 12.5. The molecule has 2 aliphatic rings. The van der Waals surface area contributed by atoms with E-state index in [0.717, 1.165) is 24.9 Å². The molecule has 1 aromatic heterocycles. The van der Waals surface area contributed by atoms with Crippen LogP contribution in [0.25, 0.3) is 0 Å². The number of hydrogen-bond donors (Lipinski definition) is 2. The van der Waals surface area contributed by atoms with Gasteiger partial charge in [-0.05, 0) is 44.4 Å². The van der Waals surface area contributed by atoms with E-state index in [1.807, 2.05) is 19.1 Å². The van der Waals surface area contributed by atoms with Crippen LogP contribution in [0.1, 0.15) is 42.7 Å². The van der Waals surface area contributed by atoms with Crippen LogP contribution < -0.4 is 5.32 Å². The summed E-state index contributed by atoms with van der Waals surface area (Å²) in [7, 11) is 2.14. The Kier molecular flexibility index (Phi) is 4.19. The van der Waals surface area contributed by atoms with E-state index in [4.69, 9.17) is 0 Å². The number of rotatable bonds is 3. The number of aryl methyl sites for hydroxylation is 1. The number of nitrogens with zero attached hydrogens (tertiary/aromatic N) is 2. The predicted molar refractivity (Wildman–Crippen MR) is 89.2 cm³/mol. The van der Waals surface area contributed by atoms with Gasteiger partial charge in [-0.1, -0.05) is 19.9 Å². The molecule has 3 rings (SSSR count). The first-order valence-corrected chi connectivity index (χ1v) is 8.45. The van der Waals surface area contributed by atoms with E-state index in [0.29, 0.717) is 17.7 Å². The molecular weight excluding hydrogens is 290 g/mol. The maximum absolute atomic E-state index is 12.5. The lowest BCUT2D eigenvalue weighted by Crippen LogP contribution is -2.64. The van der Waals surface area contributed by atoms with E-state index in [9.17, 15) is 9.90 Å². The van der Waals surface area contributed by atoms with E-state index in [1.165, 1.54) is 0 Å². The summed E-state index contributed by atoms with van der Waals surface area (Å²) in [6.07, 6.45) is 2.77. The molecule has 1 aliphatic carbocycles. The second-order valence-electron chi connectivity index (χ2n) is 7.69. The molecule has 0 bridgehead atoms. The summed E-state index contributed by atoms with van der Waals surface area (Å²) in [5.41, 5.74) is 1.45. The van der Waals surface area contributed by atoms with Crippen molar-refractivity contribution in [1.82, 2.24) is 15.2 Å². The van der Waals surface area contributed by atoms with Crippen molar-refractivity contribution in [3.05, 3.63) is 29.6 Å². The fourth-order valence-electron chi connectivity index (χ4n) is 4.95. The molecule has 2 N–H and O–H groups in total. The average molecular weight is 317 g/mol. The summed E-state index contributed by atoms with van der Waals surface area (Å²) in [6.45, 7) is 7.35. The molecule has 23 heavy (non-hydrogen) atoms. The van der Waals surface area contributed by atoms with Gasteiger partial charge in [0.1, 0.15) is 5.69 Å². The summed E-state index contributed by atoms with van der Waals surface area (Å²) in [5, 5.41) is 13.5. The van der Waals surface area contributed by atoms with Crippen molar-refractivity contribution in [3.63, 3.8) is 0 Å². The van der Waals surface area contributed by atoms with Crippen molar-refractivity contribution in [2.75, 3.05) is 13.6 Å². The van der Waals surface area contributed by atoms with Gasteiger partial charge >= 0.3 is 0 Å². The molecule has 4 atom stereocenters. The van der Waals surface area contributed by atoms with Crippen LogP contribution in [-0.4, -0.2) is 52.7 Å². The van der Waals surface area contributed by atoms with Gasteiger partial charge in [0, 0.05) is 24.2 Å². The lowest BCUT2D eigenvalue weighted by atomic mass is 9.66. The van der Waals surface area contributed by atoms with Gasteiger partial charge in [-0.3, -0.25) is 9.78 Å². The number of likely N-dealkylation sites (tertiary alicyclic amines) is 1. The number of carbonyl (C=O) groups is 1. The number of aromatic nitrogens is 1. The third-order valence-electron chi connectivity index (χ3n) is 5.55. The van der Waals surface area contributed by atoms with Gasteiger partial charge in [-0.15, -0.1) is 0 Å². The number of nitrogens with one attached hydrogen (secondary N) is 1. The van der Waals surface area contributed by atoms with E-state index in [2.05, 4.69) is 36.1 Å². The topological polar surface area (TPSA) is 65.5 Å². The smallest absolute Gasteiger partial charge is 0.270 e. The Hall–Kier alpha value is -1.46. The molecule has 1 amide bonds.